The van der Waals surface area contributed by atoms with Gasteiger partial charge in [0.25, 0.3) is 6.47 Å². The van der Waals surface area contributed by atoms with Crippen LogP contribution in [0.5, 0.6) is 0 Å². The van der Waals surface area contributed by atoms with Gasteiger partial charge in [-0.3, -0.25) is 19.2 Å². The maximum absolute atomic E-state index is 13.7. The lowest BCUT2D eigenvalue weighted by Crippen LogP contribution is -2.49. The standard InChI is InChI=1S/C12H16FIO8/c1-6(16)19-4-9(20-5-15)10(21-7(2)17)11(12(13)14)22-8(3)18/h5,9-12H,4H2,1-3H3/t9-,10-,11+,12?/m1/s1. The fourth-order valence-electron chi connectivity index (χ4n) is 1.48. The first-order valence-corrected chi connectivity index (χ1v) is 7.28. The number of esters is 3. The number of halogens is 2. The molecule has 0 fully saturated rings. The summed E-state index contributed by atoms with van der Waals surface area (Å²) in [5, 5.41) is 0. The fraction of sp³-hybridized carbons (Fsp3) is 0.667. The Labute approximate surface area is 139 Å². The molecular formula is C12H16FIO8. The van der Waals surface area contributed by atoms with Crippen LogP contribution < -0.4 is 0 Å². The van der Waals surface area contributed by atoms with Crippen LogP contribution in [0.4, 0.5) is 4.39 Å². The van der Waals surface area contributed by atoms with Gasteiger partial charge in [-0.2, -0.15) is 0 Å². The van der Waals surface area contributed by atoms with Gasteiger partial charge in [-0.05, 0) is 22.6 Å². The van der Waals surface area contributed by atoms with E-state index < -0.39 is 47.0 Å². The molecule has 0 aliphatic carbocycles. The van der Waals surface area contributed by atoms with Crippen molar-refractivity contribution < 1.29 is 42.5 Å². The molecule has 0 aromatic carbocycles. The van der Waals surface area contributed by atoms with Gasteiger partial charge in [-0.15, -0.1) is 0 Å². The van der Waals surface area contributed by atoms with Gasteiger partial charge in [0.2, 0.25) is 0 Å². The molecule has 10 heteroatoms. The summed E-state index contributed by atoms with van der Waals surface area (Å²) in [5.74, 6) is -2.32. The van der Waals surface area contributed by atoms with Crippen molar-refractivity contribution >= 4 is 47.0 Å². The molecule has 0 aliphatic heterocycles. The summed E-state index contributed by atoms with van der Waals surface area (Å²) < 4.78 is 30.9. The summed E-state index contributed by atoms with van der Waals surface area (Å²) >= 11 is 1.32. The van der Waals surface area contributed by atoms with E-state index in [0.717, 1.165) is 20.8 Å². The van der Waals surface area contributed by atoms with E-state index in [1.54, 1.807) is 0 Å². The minimum absolute atomic E-state index is 0.0237. The van der Waals surface area contributed by atoms with Crippen LogP contribution in [-0.2, 0) is 38.1 Å². The number of hydrogen-bond acceptors (Lipinski definition) is 8. The average molecular weight is 434 g/mol. The Kier molecular flexibility index (Phi) is 9.61. The van der Waals surface area contributed by atoms with Crippen LogP contribution in [0.15, 0.2) is 0 Å². The highest BCUT2D eigenvalue weighted by Crippen LogP contribution is 2.22. The first-order chi connectivity index (χ1) is 10.2. The zero-order chi connectivity index (χ0) is 17.3. The van der Waals surface area contributed by atoms with Crippen LogP contribution in [0.1, 0.15) is 20.8 Å². The molecule has 0 rings (SSSR count). The molecule has 0 aliphatic rings. The van der Waals surface area contributed by atoms with Crippen LogP contribution in [0.3, 0.4) is 0 Å². The van der Waals surface area contributed by atoms with Crippen molar-refractivity contribution in [2.24, 2.45) is 0 Å². The smallest absolute Gasteiger partial charge is 0.303 e. The molecule has 8 nitrogen and oxygen atoms in total. The van der Waals surface area contributed by atoms with Crippen LogP contribution in [0, 0.1) is 0 Å². The van der Waals surface area contributed by atoms with E-state index in [0.29, 0.717) is 0 Å². The predicted octanol–water partition coefficient (Wildman–Crippen LogP) is 0.685. The Morgan fingerprint density at radius 3 is 1.91 bits per heavy atom. The van der Waals surface area contributed by atoms with Crippen LogP contribution in [0.2, 0.25) is 0 Å². The van der Waals surface area contributed by atoms with Gasteiger partial charge in [0.05, 0.1) is 0 Å². The highest BCUT2D eigenvalue weighted by atomic mass is 127. The van der Waals surface area contributed by atoms with Crippen molar-refractivity contribution in [3.05, 3.63) is 0 Å². The number of hydrogen-bond donors (Lipinski definition) is 0. The molecule has 1 unspecified atom stereocenters. The SMILES string of the molecule is CC(=O)OC[C@@H](OC=O)[C@@H](OC(C)=O)[C@H](OC(C)=O)C(F)I. The summed E-state index contributed by atoms with van der Waals surface area (Å²) in [6.07, 6.45) is -4.34. The molecule has 22 heavy (non-hydrogen) atoms. The summed E-state index contributed by atoms with van der Waals surface area (Å²) in [4.78, 5) is 43.6. The lowest BCUT2D eigenvalue weighted by atomic mass is 10.1. The first kappa shape index (κ1) is 20.5. The monoisotopic (exact) mass is 434 g/mol. The molecule has 0 heterocycles. The molecule has 0 aromatic heterocycles. The molecule has 0 radical (unpaired) electrons. The van der Waals surface area contributed by atoms with Gasteiger partial charge < -0.3 is 18.9 Å². The number of carbonyl (C=O) groups excluding carboxylic acids is 4. The van der Waals surface area contributed by atoms with Crippen molar-refractivity contribution in [1.29, 1.82) is 0 Å². The van der Waals surface area contributed by atoms with Crippen LogP contribution in [0.25, 0.3) is 0 Å². The van der Waals surface area contributed by atoms with E-state index in [4.69, 9.17) is 9.47 Å². The minimum atomic E-state index is -1.76. The quantitative estimate of drug-likeness (QED) is 0.172. The molecule has 0 saturated heterocycles. The van der Waals surface area contributed by atoms with Crippen molar-refractivity contribution in [3.63, 3.8) is 0 Å². The largest absolute Gasteiger partial charge is 0.462 e. The van der Waals surface area contributed by atoms with Crippen molar-refractivity contribution in [1.82, 2.24) is 0 Å². The zero-order valence-electron chi connectivity index (χ0n) is 12.1. The average Bonchev–Trinajstić information content (AvgIpc) is 2.37. The summed E-state index contributed by atoms with van der Waals surface area (Å²) in [6, 6.07) is 0. The summed E-state index contributed by atoms with van der Waals surface area (Å²) in [6.45, 7) is 2.72. The van der Waals surface area contributed by atoms with Gasteiger partial charge >= 0.3 is 17.9 Å². The lowest BCUT2D eigenvalue weighted by Gasteiger charge is -2.31. The van der Waals surface area contributed by atoms with Crippen LogP contribution >= 0.6 is 22.6 Å². The molecule has 126 valence electrons. The third-order valence-corrected chi connectivity index (χ3v) is 2.93. The molecule has 0 bridgehead atoms. The minimum Gasteiger partial charge on any atom is -0.462 e. The van der Waals surface area contributed by atoms with Gasteiger partial charge in [-0.25, -0.2) is 4.39 Å². The van der Waals surface area contributed by atoms with Crippen molar-refractivity contribution in [2.45, 2.75) is 43.3 Å². The number of alkyl halides is 2. The van der Waals surface area contributed by atoms with E-state index in [1.165, 1.54) is 22.6 Å². The zero-order valence-corrected chi connectivity index (χ0v) is 14.3. The molecule has 0 aromatic rings. The van der Waals surface area contributed by atoms with E-state index in [2.05, 4.69) is 9.47 Å². The van der Waals surface area contributed by atoms with Gasteiger partial charge in [0.1, 0.15) is 6.61 Å². The molecule has 0 saturated carbocycles. The van der Waals surface area contributed by atoms with Gasteiger partial charge in [0, 0.05) is 20.8 Å². The topological polar surface area (TPSA) is 105 Å². The molecular weight excluding hydrogens is 418 g/mol. The van der Waals surface area contributed by atoms with Crippen LogP contribution in [-0.4, -0.2) is 53.5 Å². The predicted molar refractivity (Wildman–Crippen MR) is 77.6 cm³/mol. The highest BCUT2D eigenvalue weighted by molar-refractivity contribution is 14.1. The second kappa shape index (κ2) is 10.3. The van der Waals surface area contributed by atoms with Gasteiger partial charge in [-0.1, -0.05) is 0 Å². The van der Waals surface area contributed by atoms with E-state index >= 15 is 0 Å². The maximum atomic E-state index is 13.7. The Balaban J connectivity index is 5.37. The number of carbonyl (C=O) groups is 4. The van der Waals surface area contributed by atoms with Crippen molar-refractivity contribution in [3.8, 4) is 0 Å². The third-order valence-electron chi connectivity index (χ3n) is 2.22. The second-order valence-electron chi connectivity index (χ2n) is 4.06. The molecule has 4 atom stereocenters. The normalized spacial score (nSPS) is 15.7. The summed E-state index contributed by atoms with van der Waals surface area (Å²) in [7, 11) is 0. The maximum Gasteiger partial charge on any atom is 0.303 e. The number of ether oxygens (including phenoxy) is 4. The number of rotatable bonds is 9. The highest BCUT2D eigenvalue weighted by Gasteiger charge is 2.41. The summed E-state index contributed by atoms with van der Waals surface area (Å²) in [5.41, 5.74) is 0. The van der Waals surface area contributed by atoms with Crippen molar-refractivity contribution in [2.75, 3.05) is 6.61 Å². The van der Waals surface area contributed by atoms with Gasteiger partial charge in [0.15, 0.2) is 22.5 Å². The van der Waals surface area contributed by atoms with E-state index in [1.807, 2.05) is 0 Å². The van der Waals surface area contributed by atoms with E-state index in [-0.39, 0.29) is 6.47 Å². The lowest BCUT2D eigenvalue weighted by molar-refractivity contribution is -0.187. The Bertz CT molecular complexity index is 414. The third kappa shape index (κ3) is 8.10. The molecule has 0 amide bonds. The Morgan fingerprint density at radius 1 is 1.05 bits per heavy atom. The Morgan fingerprint density at radius 2 is 1.55 bits per heavy atom. The second-order valence-corrected chi connectivity index (χ2v) is 5.25. The molecule has 0 N–H and O–H groups in total. The van der Waals surface area contributed by atoms with E-state index in [9.17, 15) is 23.6 Å². The fourth-order valence-corrected chi connectivity index (χ4v) is 2.04. The first-order valence-electron chi connectivity index (χ1n) is 6.04. The Hall–Kier alpha value is -1.46. The molecule has 0 spiro atoms.